The molecule has 0 aliphatic carbocycles. The van der Waals surface area contributed by atoms with Crippen molar-refractivity contribution in [2.45, 2.75) is 13.1 Å². The van der Waals surface area contributed by atoms with Crippen LogP contribution in [-0.2, 0) is 13.1 Å². The van der Waals surface area contributed by atoms with Crippen molar-refractivity contribution in [1.82, 2.24) is 5.32 Å². The van der Waals surface area contributed by atoms with E-state index in [4.69, 9.17) is 4.42 Å². The summed E-state index contributed by atoms with van der Waals surface area (Å²) in [5.74, 6) is 0. The van der Waals surface area contributed by atoms with Crippen LogP contribution in [0.3, 0.4) is 0 Å². The van der Waals surface area contributed by atoms with Crippen molar-refractivity contribution >= 4 is 0 Å². The van der Waals surface area contributed by atoms with E-state index in [9.17, 15) is 0 Å². The topological polar surface area (TPSA) is 25.2 Å². The molecule has 2 aromatic rings. The molecule has 0 bridgehead atoms. The molecule has 1 N–H and O–H groups in total. The fourth-order valence-corrected chi connectivity index (χ4v) is 1.90. The molecule has 0 fully saturated rings. The molecular weight excluding hydrogens is 174 g/mol. The Morgan fingerprint density at radius 2 is 1.93 bits per heavy atom. The van der Waals surface area contributed by atoms with Gasteiger partial charge in [0.25, 0.3) is 0 Å². The van der Waals surface area contributed by atoms with Crippen molar-refractivity contribution < 1.29 is 4.42 Å². The van der Waals surface area contributed by atoms with E-state index in [1.807, 2.05) is 6.07 Å². The van der Waals surface area contributed by atoms with Crippen molar-refractivity contribution in [1.29, 1.82) is 0 Å². The number of benzene rings is 1. The molecule has 1 aliphatic heterocycles. The molecule has 14 heavy (non-hydrogen) atoms. The molecule has 2 heterocycles. The summed E-state index contributed by atoms with van der Waals surface area (Å²) in [5, 5.41) is 3.34. The highest BCUT2D eigenvalue weighted by Gasteiger charge is 2.10. The van der Waals surface area contributed by atoms with Crippen LogP contribution in [0, 0.1) is 0 Å². The van der Waals surface area contributed by atoms with Crippen LogP contribution in [0.2, 0.25) is 0 Å². The first kappa shape index (κ1) is 7.83. The molecule has 0 amide bonds. The Balaban J connectivity index is 2.09. The first-order chi connectivity index (χ1) is 6.93. The van der Waals surface area contributed by atoms with E-state index >= 15 is 0 Å². The highest BCUT2D eigenvalue weighted by Crippen LogP contribution is 2.24. The standard InChI is InChI=1S/C12H11NO/c1-2-10-6-13-7-12(10)5-9(1)11-3-4-14-8-11/h1-5,8,13H,6-7H2. The minimum absolute atomic E-state index is 0.987. The maximum Gasteiger partial charge on any atom is 0.0980 e. The predicted octanol–water partition coefficient (Wildman–Crippen LogP) is 2.55. The summed E-state index contributed by atoms with van der Waals surface area (Å²) in [4.78, 5) is 0. The average Bonchev–Trinajstić information content (AvgIpc) is 2.88. The highest BCUT2D eigenvalue weighted by molar-refractivity contribution is 5.63. The number of nitrogens with one attached hydrogen (secondary N) is 1. The van der Waals surface area contributed by atoms with Gasteiger partial charge in [0.15, 0.2) is 0 Å². The van der Waals surface area contributed by atoms with E-state index in [2.05, 4.69) is 23.5 Å². The van der Waals surface area contributed by atoms with Crippen molar-refractivity contribution in [2.75, 3.05) is 0 Å². The summed E-state index contributed by atoms with van der Waals surface area (Å²) in [5.41, 5.74) is 5.21. The number of fused-ring (bicyclic) bond motifs is 1. The molecule has 0 unspecified atom stereocenters. The van der Waals surface area contributed by atoms with Gasteiger partial charge in [0.1, 0.15) is 0 Å². The first-order valence-electron chi connectivity index (χ1n) is 4.78. The van der Waals surface area contributed by atoms with Crippen LogP contribution in [0.5, 0.6) is 0 Å². The van der Waals surface area contributed by atoms with Crippen LogP contribution in [0.15, 0.2) is 41.2 Å². The molecule has 70 valence electrons. The molecule has 2 heteroatoms. The lowest BCUT2D eigenvalue weighted by molar-refractivity contribution is 0.568. The van der Waals surface area contributed by atoms with Crippen LogP contribution < -0.4 is 5.32 Å². The zero-order valence-electron chi connectivity index (χ0n) is 7.79. The van der Waals surface area contributed by atoms with Gasteiger partial charge in [-0.2, -0.15) is 0 Å². The van der Waals surface area contributed by atoms with Crippen LogP contribution in [0.4, 0.5) is 0 Å². The summed E-state index contributed by atoms with van der Waals surface area (Å²) < 4.78 is 5.07. The Labute approximate surface area is 82.6 Å². The van der Waals surface area contributed by atoms with Gasteiger partial charge < -0.3 is 9.73 Å². The Hall–Kier alpha value is -1.54. The Morgan fingerprint density at radius 3 is 2.79 bits per heavy atom. The van der Waals surface area contributed by atoms with Crippen molar-refractivity contribution in [2.24, 2.45) is 0 Å². The molecule has 1 aromatic carbocycles. The third-order valence-electron chi connectivity index (χ3n) is 2.69. The predicted molar refractivity (Wildman–Crippen MR) is 54.7 cm³/mol. The van der Waals surface area contributed by atoms with Gasteiger partial charge in [0, 0.05) is 18.7 Å². The highest BCUT2D eigenvalue weighted by atomic mass is 16.3. The molecule has 0 radical (unpaired) electrons. The molecule has 2 nitrogen and oxygen atoms in total. The fourth-order valence-electron chi connectivity index (χ4n) is 1.90. The zero-order valence-corrected chi connectivity index (χ0v) is 7.79. The average molecular weight is 185 g/mol. The number of hydrogen-bond donors (Lipinski definition) is 1. The van der Waals surface area contributed by atoms with E-state index in [1.165, 1.54) is 16.7 Å². The van der Waals surface area contributed by atoms with Gasteiger partial charge in [-0.25, -0.2) is 0 Å². The lowest BCUT2D eigenvalue weighted by atomic mass is 10.0. The van der Waals surface area contributed by atoms with Gasteiger partial charge in [-0.1, -0.05) is 12.1 Å². The lowest BCUT2D eigenvalue weighted by Crippen LogP contribution is -1.99. The van der Waals surface area contributed by atoms with Gasteiger partial charge in [-0.15, -0.1) is 0 Å². The SMILES string of the molecule is c1cc(-c2ccc3c(c2)CNC3)co1. The second kappa shape index (κ2) is 3.00. The van der Waals surface area contributed by atoms with E-state index in [0.717, 1.165) is 18.7 Å². The van der Waals surface area contributed by atoms with Crippen molar-refractivity contribution in [3.05, 3.63) is 47.9 Å². The van der Waals surface area contributed by atoms with Crippen LogP contribution in [0.25, 0.3) is 11.1 Å². The van der Waals surface area contributed by atoms with Gasteiger partial charge in [0.05, 0.1) is 12.5 Å². The maximum atomic E-state index is 5.07. The Kier molecular flexibility index (Phi) is 1.67. The lowest BCUT2D eigenvalue weighted by Gasteiger charge is -2.01. The minimum Gasteiger partial charge on any atom is -0.472 e. The number of furan rings is 1. The third kappa shape index (κ3) is 1.16. The molecule has 1 aliphatic rings. The smallest absolute Gasteiger partial charge is 0.0980 e. The summed E-state index contributed by atoms with van der Waals surface area (Å²) in [6.07, 6.45) is 3.49. The number of hydrogen-bond acceptors (Lipinski definition) is 2. The minimum atomic E-state index is 0.987. The first-order valence-corrected chi connectivity index (χ1v) is 4.78. The Bertz CT molecular complexity index is 445. The van der Waals surface area contributed by atoms with E-state index in [-0.39, 0.29) is 0 Å². The third-order valence-corrected chi connectivity index (χ3v) is 2.69. The second-order valence-electron chi connectivity index (χ2n) is 3.60. The van der Waals surface area contributed by atoms with Gasteiger partial charge in [-0.05, 0) is 28.8 Å². The molecule has 0 saturated heterocycles. The molecule has 0 spiro atoms. The van der Waals surface area contributed by atoms with E-state index in [0.29, 0.717) is 0 Å². The van der Waals surface area contributed by atoms with Gasteiger partial charge in [-0.3, -0.25) is 0 Å². The summed E-state index contributed by atoms with van der Waals surface area (Å²) in [6, 6.07) is 8.57. The van der Waals surface area contributed by atoms with E-state index < -0.39 is 0 Å². The zero-order chi connectivity index (χ0) is 9.38. The molecule has 0 atom stereocenters. The molecule has 0 saturated carbocycles. The monoisotopic (exact) mass is 185 g/mol. The fraction of sp³-hybridized carbons (Fsp3) is 0.167. The Morgan fingerprint density at radius 1 is 1.00 bits per heavy atom. The molecule has 1 aromatic heterocycles. The van der Waals surface area contributed by atoms with Gasteiger partial charge >= 0.3 is 0 Å². The molecular formula is C12H11NO. The van der Waals surface area contributed by atoms with Crippen LogP contribution >= 0.6 is 0 Å². The largest absolute Gasteiger partial charge is 0.472 e. The summed E-state index contributed by atoms with van der Waals surface area (Å²) >= 11 is 0. The summed E-state index contributed by atoms with van der Waals surface area (Å²) in [7, 11) is 0. The van der Waals surface area contributed by atoms with E-state index in [1.54, 1.807) is 12.5 Å². The maximum absolute atomic E-state index is 5.07. The number of rotatable bonds is 1. The summed E-state index contributed by atoms with van der Waals surface area (Å²) in [6.45, 7) is 1.99. The molecule has 3 rings (SSSR count). The van der Waals surface area contributed by atoms with Crippen molar-refractivity contribution in [3.63, 3.8) is 0 Å². The second-order valence-corrected chi connectivity index (χ2v) is 3.60. The van der Waals surface area contributed by atoms with Crippen molar-refractivity contribution in [3.8, 4) is 11.1 Å². The quantitative estimate of drug-likeness (QED) is 0.738. The van der Waals surface area contributed by atoms with Gasteiger partial charge in [0.2, 0.25) is 0 Å². The normalized spacial score (nSPS) is 14.3. The van der Waals surface area contributed by atoms with Crippen LogP contribution in [-0.4, -0.2) is 0 Å². The van der Waals surface area contributed by atoms with Crippen LogP contribution in [0.1, 0.15) is 11.1 Å².